The molecule has 0 saturated heterocycles. The molecule has 3 rings (SSSR count). The number of anilines is 2. The van der Waals surface area contributed by atoms with Crippen LogP contribution < -0.4 is 15.0 Å². The van der Waals surface area contributed by atoms with E-state index in [9.17, 15) is 9.59 Å². The smallest absolute Gasteiger partial charge is 0.267 e. The molecule has 2 aromatic rings. The molecule has 2 aromatic carbocycles. The van der Waals surface area contributed by atoms with Crippen molar-refractivity contribution in [3.8, 4) is 5.75 Å². The van der Waals surface area contributed by atoms with Crippen LogP contribution in [0.3, 0.4) is 0 Å². The van der Waals surface area contributed by atoms with E-state index in [1.54, 1.807) is 43.1 Å². The van der Waals surface area contributed by atoms with E-state index < -0.39 is 6.10 Å². The summed E-state index contributed by atoms with van der Waals surface area (Å²) in [5.41, 5.74) is 2.20. The van der Waals surface area contributed by atoms with Gasteiger partial charge in [0.25, 0.3) is 5.91 Å². The minimum absolute atomic E-state index is 0.116. The van der Waals surface area contributed by atoms with Gasteiger partial charge in [-0.15, -0.1) is 0 Å². The van der Waals surface area contributed by atoms with Gasteiger partial charge in [-0.05, 0) is 36.8 Å². The summed E-state index contributed by atoms with van der Waals surface area (Å²) in [4.78, 5) is 25.6. The summed E-state index contributed by atoms with van der Waals surface area (Å²) >= 11 is 0. The summed E-state index contributed by atoms with van der Waals surface area (Å²) in [6.07, 6.45) is 2.72. The van der Waals surface area contributed by atoms with Gasteiger partial charge < -0.3 is 15.0 Å². The van der Waals surface area contributed by atoms with E-state index in [1.807, 2.05) is 30.3 Å². The second-order valence-corrected chi connectivity index (χ2v) is 5.57. The van der Waals surface area contributed by atoms with Gasteiger partial charge in [-0.3, -0.25) is 9.59 Å². The van der Waals surface area contributed by atoms with E-state index in [2.05, 4.69) is 5.32 Å². The molecule has 1 heterocycles. The highest BCUT2D eigenvalue weighted by Crippen LogP contribution is 2.35. The Hall–Kier alpha value is -3.08. The maximum absolute atomic E-state index is 12.0. The predicted octanol–water partition coefficient (Wildman–Crippen LogP) is 3.08. The van der Waals surface area contributed by atoms with E-state index in [0.29, 0.717) is 17.1 Å². The van der Waals surface area contributed by atoms with Crippen LogP contribution in [0, 0.1) is 0 Å². The number of hydrogen-bond acceptors (Lipinski definition) is 3. The van der Waals surface area contributed by atoms with Gasteiger partial charge in [-0.2, -0.15) is 0 Å². The third-order valence-corrected chi connectivity index (χ3v) is 3.80. The van der Waals surface area contributed by atoms with Crippen LogP contribution >= 0.6 is 0 Å². The van der Waals surface area contributed by atoms with Gasteiger partial charge >= 0.3 is 0 Å². The Bertz CT molecular complexity index is 800. The quantitative estimate of drug-likeness (QED) is 0.884. The summed E-state index contributed by atoms with van der Waals surface area (Å²) in [6, 6.07) is 14.8. The van der Waals surface area contributed by atoms with Crippen molar-refractivity contribution >= 4 is 29.3 Å². The lowest BCUT2D eigenvalue weighted by Crippen LogP contribution is -2.41. The Morgan fingerprint density at radius 1 is 1.21 bits per heavy atom. The van der Waals surface area contributed by atoms with E-state index in [0.717, 1.165) is 5.56 Å². The monoisotopic (exact) mass is 322 g/mol. The standard InChI is InChI=1S/C19H18N2O3/c1-13-19(23)21(2)16-12-15(9-10-17(16)24-13)20-18(22)11-8-14-6-4-3-5-7-14/h3-13H,1-2H3,(H,20,22)/b11-8+. The van der Waals surface area contributed by atoms with E-state index in [4.69, 9.17) is 4.74 Å². The van der Waals surface area contributed by atoms with Crippen molar-refractivity contribution in [1.82, 2.24) is 0 Å². The zero-order valence-electron chi connectivity index (χ0n) is 13.5. The summed E-state index contributed by atoms with van der Waals surface area (Å²) in [6.45, 7) is 1.71. The molecule has 5 heteroatoms. The molecule has 0 radical (unpaired) electrons. The number of nitrogens with zero attached hydrogens (tertiary/aromatic N) is 1. The fourth-order valence-electron chi connectivity index (χ4n) is 2.51. The number of hydrogen-bond donors (Lipinski definition) is 1. The van der Waals surface area contributed by atoms with Crippen LogP contribution in [0.1, 0.15) is 12.5 Å². The van der Waals surface area contributed by atoms with E-state index in [-0.39, 0.29) is 11.8 Å². The topological polar surface area (TPSA) is 58.6 Å². The minimum atomic E-state index is -0.503. The molecule has 5 nitrogen and oxygen atoms in total. The highest BCUT2D eigenvalue weighted by Gasteiger charge is 2.28. The molecule has 1 N–H and O–H groups in total. The van der Waals surface area contributed by atoms with E-state index in [1.165, 1.54) is 6.08 Å². The fourth-order valence-corrected chi connectivity index (χ4v) is 2.51. The summed E-state index contributed by atoms with van der Waals surface area (Å²) in [5.74, 6) is 0.273. The van der Waals surface area contributed by atoms with Crippen molar-refractivity contribution in [1.29, 1.82) is 0 Å². The maximum Gasteiger partial charge on any atom is 0.267 e. The lowest BCUT2D eigenvalue weighted by atomic mass is 10.2. The number of carbonyl (C=O) groups excluding carboxylic acids is 2. The predicted molar refractivity (Wildman–Crippen MR) is 94.0 cm³/mol. The maximum atomic E-state index is 12.0. The number of likely N-dealkylation sites (N-methyl/N-ethyl adjacent to an activating group) is 1. The van der Waals surface area contributed by atoms with Crippen molar-refractivity contribution in [2.45, 2.75) is 13.0 Å². The van der Waals surface area contributed by atoms with Gasteiger partial charge in [0, 0.05) is 18.8 Å². The highest BCUT2D eigenvalue weighted by molar-refractivity contribution is 6.04. The highest BCUT2D eigenvalue weighted by atomic mass is 16.5. The first kappa shape index (κ1) is 15.8. The fraction of sp³-hybridized carbons (Fsp3) is 0.158. The molecule has 24 heavy (non-hydrogen) atoms. The average Bonchev–Trinajstić information content (AvgIpc) is 2.59. The number of amides is 2. The number of nitrogens with one attached hydrogen (secondary N) is 1. The third kappa shape index (κ3) is 3.30. The van der Waals surface area contributed by atoms with Gasteiger partial charge in [-0.1, -0.05) is 30.3 Å². The van der Waals surface area contributed by atoms with Crippen LogP contribution in [0.2, 0.25) is 0 Å². The number of rotatable bonds is 3. The number of carbonyl (C=O) groups is 2. The van der Waals surface area contributed by atoms with Gasteiger partial charge in [-0.25, -0.2) is 0 Å². The Kier molecular flexibility index (Phi) is 4.33. The molecule has 1 aliphatic heterocycles. The molecule has 0 spiro atoms. The van der Waals surface area contributed by atoms with Crippen molar-refractivity contribution in [2.24, 2.45) is 0 Å². The molecule has 1 aliphatic rings. The van der Waals surface area contributed by atoms with Crippen LogP contribution in [0.25, 0.3) is 6.08 Å². The average molecular weight is 322 g/mol. The Labute approximate surface area is 140 Å². The first-order valence-electron chi connectivity index (χ1n) is 7.67. The van der Waals surface area contributed by atoms with Crippen LogP contribution in [0.4, 0.5) is 11.4 Å². The van der Waals surface area contributed by atoms with Gasteiger partial charge in [0.2, 0.25) is 5.91 Å². The van der Waals surface area contributed by atoms with Crippen molar-refractivity contribution in [2.75, 3.05) is 17.3 Å². The first-order valence-corrected chi connectivity index (χ1v) is 7.67. The molecule has 122 valence electrons. The SMILES string of the molecule is CC1Oc2ccc(NC(=O)/C=C/c3ccccc3)cc2N(C)C1=O. The normalized spacial score (nSPS) is 16.7. The molecular formula is C19H18N2O3. The van der Waals surface area contributed by atoms with E-state index >= 15 is 0 Å². The summed E-state index contributed by atoms with van der Waals surface area (Å²) < 4.78 is 5.56. The van der Waals surface area contributed by atoms with Crippen molar-refractivity contribution < 1.29 is 14.3 Å². The second kappa shape index (κ2) is 6.58. The van der Waals surface area contributed by atoms with Crippen LogP contribution in [0.15, 0.2) is 54.6 Å². The first-order chi connectivity index (χ1) is 11.5. The Balaban J connectivity index is 1.73. The van der Waals surface area contributed by atoms with Crippen molar-refractivity contribution in [3.63, 3.8) is 0 Å². The summed E-state index contributed by atoms with van der Waals surface area (Å²) in [5, 5.41) is 2.79. The number of fused-ring (bicyclic) bond motifs is 1. The zero-order valence-corrected chi connectivity index (χ0v) is 13.5. The molecule has 0 aromatic heterocycles. The van der Waals surface area contributed by atoms with Crippen LogP contribution in [-0.2, 0) is 9.59 Å². The lowest BCUT2D eigenvalue weighted by Gasteiger charge is -2.30. The molecular weight excluding hydrogens is 304 g/mol. The molecule has 0 saturated carbocycles. The molecule has 2 amide bonds. The largest absolute Gasteiger partial charge is 0.479 e. The van der Waals surface area contributed by atoms with Crippen LogP contribution in [-0.4, -0.2) is 25.0 Å². The molecule has 0 aliphatic carbocycles. The van der Waals surface area contributed by atoms with Gasteiger partial charge in [0.15, 0.2) is 6.10 Å². The van der Waals surface area contributed by atoms with Gasteiger partial charge in [0.1, 0.15) is 5.75 Å². The number of ether oxygens (including phenoxy) is 1. The third-order valence-electron chi connectivity index (χ3n) is 3.80. The van der Waals surface area contributed by atoms with Crippen LogP contribution in [0.5, 0.6) is 5.75 Å². The second-order valence-electron chi connectivity index (χ2n) is 5.57. The Morgan fingerprint density at radius 3 is 2.71 bits per heavy atom. The molecule has 1 unspecified atom stereocenters. The number of benzene rings is 2. The Morgan fingerprint density at radius 2 is 1.96 bits per heavy atom. The zero-order chi connectivity index (χ0) is 17.1. The van der Waals surface area contributed by atoms with Gasteiger partial charge in [0.05, 0.1) is 5.69 Å². The molecule has 0 fully saturated rings. The van der Waals surface area contributed by atoms with Crippen molar-refractivity contribution in [3.05, 3.63) is 60.2 Å². The summed E-state index contributed by atoms with van der Waals surface area (Å²) in [7, 11) is 1.70. The molecule has 1 atom stereocenters. The molecule has 0 bridgehead atoms. The minimum Gasteiger partial charge on any atom is -0.479 e. The lowest BCUT2D eigenvalue weighted by molar-refractivity contribution is -0.125.